The molecule has 0 aliphatic heterocycles. The molecule has 0 N–H and O–H groups in total. The highest BCUT2D eigenvalue weighted by Gasteiger charge is 1.89. The SMILES string of the molecule is CCCCCOC(C)=O.CCOCC. The zero-order valence-electron chi connectivity index (χ0n) is 9.97. The third kappa shape index (κ3) is 22.5. The van der Waals surface area contributed by atoms with Crippen molar-refractivity contribution in [1.29, 1.82) is 0 Å². The van der Waals surface area contributed by atoms with Crippen molar-refractivity contribution in [2.24, 2.45) is 0 Å². The van der Waals surface area contributed by atoms with Gasteiger partial charge in [-0.3, -0.25) is 4.79 Å². The minimum Gasteiger partial charge on any atom is -0.466 e. The normalized spacial score (nSPS) is 8.86. The summed E-state index contributed by atoms with van der Waals surface area (Å²) in [5.74, 6) is -0.175. The standard InChI is InChI=1S/C7H14O2.C4H10O/c1-3-4-5-6-9-7(2)8;1-3-5-4-2/h3-6H2,1-2H3;3-4H2,1-2H3. The van der Waals surface area contributed by atoms with Crippen molar-refractivity contribution in [1.82, 2.24) is 0 Å². The van der Waals surface area contributed by atoms with Gasteiger partial charge < -0.3 is 9.47 Å². The molecule has 0 aliphatic carbocycles. The molecule has 0 radical (unpaired) electrons. The van der Waals surface area contributed by atoms with Crippen molar-refractivity contribution in [2.45, 2.75) is 47.0 Å². The summed E-state index contributed by atoms with van der Waals surface area (Å²) in [5, 5.41) is 0. The van der Waals surface area contributed by atoms with E-state index in [1.54, 1.807) is 0 Å². The monoisotopic (exact) mass is 204 g/mol. The molecule has 86 valence electrons. The highest BCUT2D eigenvalue weighted by atomic mass is 16.5. The van der Waals surface area contributed by atoms with Gasteiger partial charge in [0.15, 0.2) is 0 Å². The fraction of sp³-hybridized carbons (Fsp3) is 0.909. The summed E-state index contributed by atoms with van der Waals surface area (Å²) < 4.78 is 9.54. The molecular formula is C11H24O3. The number of carbonyl (C=O) groups excluding carboxylic acids is 1. The van der Waals surface area contributed by atoms with Crippen LogP contribution in [0.3, 0.4) is 0 Å². The lowest BCUT2D eigenvalue weighted by Gasteiger charge is -1.98. The fourth-order valence-electron chi connectivity index (χ4n) is 0.772. The molecule has 0 aromatic rings. The van der Waals surface area contributed by atoms with Crippen LogP contribution in [0.2, 0.25) is 0 Å². The van der Waals surface area contributed by atoms with Crippen LogP contribution in [-0.2, 0) is 14.3 Å². The lowest BCUT2D eigenvalue weighted by Crippen LogP contribution is -1.99. The molecule has 3 heteroatoms. The molecule has 0 heterocycles. The topological polar surface area (TPSA) is 35.5 Å². The number of ether oxygens (including phenoxy) is 2. The van der Waals surface area contributed by atoms with Gasteiger partial charge in [0.1, 0.15) is 0 Å². The Hall–Kier alpha value is -0.570. The molecule has 3 nitrogen and oxygen atoms in total. The van der Waals surface area contributed by atoms with Gasteiger partial charge in [-0.05, 0) is 20.3 Å². The predicted molar refractivity (Wildman–Crippen MR) is 58.3 cm³/mol. The minimum absolute atomic E-state index is 0.175. The maximum Gasteiger partial charge on any atom is 0.302 e. The number of hydrogen-bond acceptors (Lipinski definition) is 3. The summed E-state index contributed by atoms with van der Waals surface area (Å²) in [6.07, 6.45) is 3.31. The summed E-state index contributed by atoms with van der Waals surface area (Å²) >= 11 is 0. The lowest BCUT2D eigenvalue weighted by molar-refractivity contribution is -0.141. The Bertz CT molecular complexity index is 111. The van der Waals surface area contributed by atoms with E-state index in [1.807, 2.05) is 13.8 Å². The Labute approximate surface area is 87.8 Å². The van der Waals surface area contributed by atoms with Crippen LogP contribution in [-0.4, -0.2) is 25.8 Å². The third-order valence-electron chi connectivity index (χ3n) is 1.46. The quantitative estimate of drug-likeness (QED) is 0.493. The number of carbonyl (C=O) groups is 1. The second-order valence-electron chi connectivity index (χ2n) is 2.83. The minimum atomic E-state index is -0.175. The molecule has 0 fully saturated rings. The molecule has 0 spiro atoms. The molecule has 0 rings (SSSR count). The highest BCUT2D eigenvalue weighted by Crippen LogP contribution is 1.93. The number of unbranched alkanes of at least 4 members (excludes halogenated alkanes) is 2. The van der Waals surface area contributed by atoms with Crippen LogP contribution in [0.4, 0.5) is 0 Å². The van der Waals surface area contributed by atoms with Crippen LogP contribution < -0.4 is 0 Å². The van der Waals surface area contributed by atoms with Crippen molar-refractivity contribution in [3.8, 4) is 0 Å². The maximum absolute atomic E-state index is 10.2. The second-order valence-corrected chi connectivity index (χ2v) is 2.83. The molecule has 0 unspecified atom stereocenters. The van der Waals surface area contributed by atoms with Crippen molar-refractivity contribution in [2.75, 3.05) is 19.8 Å². The van der Waals surface area contributed by atoms with Gasteiger partial charge in [0.25, 0.3) is 0 Å². The largest absolute Gasteiger partial charge is 0.466 e. The smallest absolute Gasteiger partial charge is 0.302 e. The second kappa shape index (κ2) is 14.9. The Morgan fingerprint density at radius 2 is 1.64 bits per heavy atom. The Balaban J connectivity index is 0. The molecule has 0 aliphatic rings. The van der Waals surface area contributed by atoms with Crippen molar-refractivity contribution < 1.29 is 14.3 Å². The van der Waals surface area contributed by atoms with Crippen molar-refractivity contribution in [3.63, 3.8) is 0 Å². The first-order chi connectivity index (χ1) is 6.68. The Kier molecular flexibility index (Phi) is 16.9. The van der Waals surface area contributed by atoms with E-state index in [9.17, 15) is 4.79 Å². The molecule has 0 atom stereocenters. The molecule has 0 aromatic carbocycles. The average molecular weight is 204 g/mol. The van der Waals surface area contributed by atoms with Crippen LogP contribution in [0.25, 0.3) is 0 Å². The van der Waals surface area contributed by atoms with Crippen LogP contribution >= 0.6 is 0 Å². The highest BCUT2D eigenvalue weighted by molar-refractivity contribution is 5.65. The van der Waals surface area contributed by atoms with Gasteiger partial charge in [0.2, 0.25) is 0 Å². The van der Waals surface area contributed by atoms with E-state index >= 15 is 0 Å². The Morgan fingerprint density at radius 1 is 1.07 bits per heavy atom. The van der Waals surface area contributed by atoms with Crippen LogP contribution in [0.1, 0.15) is 47.0 Å². The summed E-state index contributed by atoms with van der Waals surface area (Å²) in [6.45, 7) is 9.81. The maximum atomic E-state index is 10.2. The molecule has 0 saturated heterocycles. The summed E-state index contributed by atoms with van der Waals surface area (Å²) in [7, 11) is 0. The molecule has 14 heavy (non-hydrogen) atoms. The molecule has 0 aromatic heterocycles. The first kappa shape index (κ1) is 15.9. The lowest BCUT2D eigenvalue weighted by atomic mass is 10.3. The van der Waals surface area contributed by atoms with Gasteiger partial charge in [-0.15, -0.1) is 0 Å². The van der Waals surface area contributed by atoms with E-state index in [-0.39, 0.29) is 5.97 Å². The van der Waals surface area contributed by atoms with Crippen molar-refractivity contribution >= 4 is 5.97 Å². The van der Waals surface area contributed by atoms with Gasteiger partial charge in [-0.1, -0.05) is 19.8 Å². The fourth-order valence-corrected chi connectivity index (χ4v) is 0.772. The summed E-state index contributed by atoms with van der Waals surface area (Å²) in [4.78, 5) is 10.2. The molecule has 0 amide bonds. The van der Waals surface area contributed by atoms with Crippen molar-refractivity contribution in [3.05, 3.63) is 0 Å². The number of hydrogen-bond donors (Lipinski definition) is 0. The van der Waals surface area contributed by atoms with Crippen LogP contribution in [0.15, 0.2) is 0 Å². The predicted octanol–water partition coefficient (Wildman–Crippen LogP) is 2.78. The number of esters is 1. The van der Waals surface area contributed by atoms with E-state index in [2.05, 4.69) is 6.92 Å². The van der Waals surface area contributed by atoms with E-state index in [0.29, 0.717) is 6.61 Å². The van der Waals surface area contributed by atoms with E-state index < -0.39 is 0 Å². The average Bonchev–Trinajstić information content (AvgIpc) is 2.15. The third-order valence-corrected chi connectivity index (χ3v) is 1.46. The van der Waals surface area contributed by atoms with Gasteiger partial charge in [-0.2, -0.15) is 0 Å². The first-order valence-electron chi connectivity index (χ1n) is 5.40. The van der Waals surface area contributed by atoms with Gasteiger partial charge in [-0.25, -0.2) is 0 Å². The zero-order valence-corrected chi connectivity index (χ0v) is 9.97. The van der Waals surface area contributed by atoms with Gasteiger partial charge in [0, 0.05) is 20.1 Å². The first-order valence-corrected chi connectivity index (χ1v) is 5.40. The molecular weight excluding hydrogens is 180 g/mol. The van der Waals surface area contributed by atoms with Crippen LogP contribution in [0, 0.1) is 0 Å². The molecule has 0 saturated carbocycles. The van der Waals surface area contributed by atoms with E-state index in [1.165, 1.54) is 13.3 Å². The molecule has 0 bridgehead atoms. The zero-order chi connectivity index (χ0) is 11.2. The van der Waals surface area contributed by atoms with Crippen LogP contribution in [0.5, 0.6) is 0 Å². The van der Waals surface area contributed by atoms with E-state index in [0.717, 1.165) is 26.1 Å². The summed E-state index contributed by atoms with van der Waals surface area (Å²) in [5.41, 5.74) is 0. The van der Waals surface area contributed by atoms with E-state index in [4.69, 9.17) is 9.47 Å². The number of rotatable bonds is 6. The van der Waals surface area contributed by atoms with Gasteiger partial charge >= 0.3 is 5.97 Å². The Morgan fingerprint density at radius 3 is 1.93 bits per heavy atom. The van der Waals surface area contributed by atoms with Gasteiger partial charge in [0.05, 0.1) is 6.61 Å². The summed E-state index contributed by atoms with van der Waals surface area (Å²) in [6, 6.07) is 0.